The molecule has 4 rings (SSSR count). The summed E-state index contributed by atoms with van der Waals surface area (Å²) < 4.78 is 7.65. The number of nitrogens with zero attached hydrogens (tertiary/aromatic N) is 3. The summed E-state index contributed by atoms with van der Waals surface area (Å²) in [5, 5.41) is 11.8. The van der Waals surface area contributed by atoms with Gasteiger partial charge in [-0.2, -0.15) is 21.4 Å². The molecule has 0 amide bonds. The first-order chi connectivity index (χ1) is 10.9. The van der Waals surface area contributed by atoms with Gasteiger partial charge in [-0.25, -0.2) is 0 Å². The lowest BCUT2D eigenvalue weighted by atomic mass is 10.1. The fourth-order valence-electron chi connectivity index (χ4n) is 2.43. The van der Waals surface area contributed by atoms with Gasteiger partial charge in [-0.1, -0.05) is 12.1 Å². The number of para-hydroxylation sites is 2. The van der Waals surface area contributed by atoms with Crippen molar-refractivity contribution in [1.82, 2.24) is 14.8 Å². The van der Waals surface area contributed by atoms with Crippen molar-refractivity contribution in [1.29, 1.82) is 0 Å². The average molecular weight is 310 g/mol. The third kappa shape index (κ3) is 2.48. The summed E-state index contributed by atoms with van der Waals surface area (Å²) >= 11 is 1.68. The van der Waals surface area contributed by atoms with E-state index in [4.69, 9.17) is 4.42 Å². The second-order valence-electron chi connectivity index (χ2n) is 4.93. The maximum atomic E-state index is 5.70. The molecular formula is C16H14N4OS. The molecule has 1 N–H and O–H groups in total. The molecule has 3 aromatic heterocycles. The average Bonchev–Trinajstić information content (AvgIpc) is 3.29. The van der Waals surface area contributed by atoms with Crippen molar-refractivity contribution < 1.29 is 4.42 Å². The molecule has 0 fully saturated rings. The third-order valence-corrected chi connectivity index (χ3v) is 4.21. The van der Waals surface area contributed by atoms with E-state index in [1.54, 1.807) is 17.5 Å². The van der Waals surface area contributed by atoms with Crippen LogP contribution in [0.3, 0.4) is 0 Å². The van der Waals surface area contributed by atoms with E-state index < -0.39 is 0 Å². The van der Waals surface area contributed by atoms with Gasteiger partial charge in [0.2, 0.25) is 0 Å². The summed E-state index contributed by atoms with van der Waals surface area (Å²) in [6, 6.07) is 12.4. The molecule has 1 unspecified atom stereocenters. The van der Waals surface area contributed by atoms with Crippen LogP contribution >= 0.6 is 11.3 Å². The van der Waals surface area contributed by atoms with Crippen LogP contribution in [0.5, 0.6) is 0 Å². The quantitative estimate of drug-likeness (QED) is 0.609. The minimum absolute atomic E-state index is 0.108. The molecule has 3 heterocycles. The molecule has 0 spiro atoms. The Bertz CT molecular complexity index is 784. The maximum Gasteiger partial charge on any atom is 0.295 e. The predicted molar refractivity (Wildman–Crippen MR) is 87.2 cm³/mol. The van der Waals surface area contributed by atoms with Gasteiger partial charge in [0.1, 0.15) is 5.52 Å². The Hall–Kier alpha value is -2.60. The van der Waals surface area contributed by atoms with Crippen molar-refractivity contribution >= 4 is 28.5 Å². The number of hydrogen-bond acceptors (Lipinski definition) is 5. The van der Waals surface area contributed by atoms with Gasteiger partial charge in [0.15, 0.2) is 5.58 Å². The van der Waals surface area contributed by atoms with Crippen molar-refractivity contribution in [3.05, 3.63) is 65.1 Å². The molecule has 0 bridgehead atoms. The zero-order chi connectivity index (χ0) is 14.8. The summed E-state index contributed by atoms with van der Waals surface area (Å²) in [5.41, 5.74) is 2.87. The fourth-order valence-corrected chi connectivity index (χ4v) is 3.13. The van der Waals surface area contributed by atoms with Crippen molar-refractivity contribution in [2.75, 3.05) is 11.9 Å². The lowest BCUT2D eigenvalue weighted by Crippen LogP contribution is -2.20. The van der Waals surface area contributed by atoms with Gasteiger partial charge in [0.25, 0.3) is 6.01 Å². The summed E-state index contributed by atoms with van der Waals surface area (Å²) in [5.74, 6) is 0. The lowest BCUT2D eigenvalue weighted by Gasteiger charge is -2.16. The highest BCUT2D eigenvalue weighted by Gasteiger charge is 2.15. The minimum atomic E-state index is 0.108. The van der Waals surface area contributed by atoms with Gasteiger partial charge < -0.3 is 9.73 Å². The van der Waals surface area contributed by atoms with Crippen molar-refractivity contribution in [2.45, 2.75) is 6.04 Å². The monoisotopic (exact) mass is 310 g/mol. The number of anilines is 1. The van der Waals surface area contributed by atoms with E-state index in [-0.39, 0.29) is 6.04 Å². The van der Waals surface area contributed by atoms with Crippen molar-refractivity contribution in [3.8, 4) is 0 Å². The van der Waals surface area contributed by atoms with E-state index in [1.807, 2.05) is 41.2 Å². The molecule has 0 saturated heterocycles. The van der Waals surface area contributed by atoms with Crippen LogP contribution in [0, 0.1) is 0 Å². The molecule has 0 radical (unpaired) electrons. The van der Waals surface area contributed by atoms with E-state index in [0.29, 0.717) is 12.6 Å². The van der Waals surface area contributed by atoms with Crippen molar-refractivity contribution in [3.63, 3.8) is 0 Å². The Balaban J connectivity index is 1.57. The molecule has 0 aliphatic rings. The predicted octanol–water partition coefficient (Wildman–Crippen LogP) is 3.79. The van der Waals surface area contributed by atoms with Gasteiger partial charge in [-0.15, -0.1) is 0 Å². The molecule has 6 heteroatoms. The normalized spacial score (nSPS) is 12.5. The van der Waals surface area contributed by atoms with Gasteiger partial charge in [0, 0.05) is 18.9 Å². The van der Waals surface area contributed by atoms with Gasteiger partial charge in [0.05, 0.1) is 6.04 Å². The van der Waals surface area contributed by atoms with Gasteiger partial charge in [-0.05, 0) is 40.6 Å². The van der Waals surface area contributed by atoms with Crippen LogP contribution in [0.15, 0.2) is 64.0 Å². The Morgan fingerprint density at radius 1 is 1.23 bits per heavy atom. The van der Waals surface area contributed by atoms with Crippen LogP contribution in [-0.4, -0.2) is 21.3 Å². The van der Waals surface area contributed by atoms with Gasteiger partial charge >= 0.3 is 0 Å². The van der Waals surface area contributed by atoms with Crippen LogP contribution in [0.2, 0.25) is 0 Å². The summed E-state index contributed by atoms with van der Waals surface area (Å²) in [4.78, 5) is 4.44. The van der Waals surface area contributed by atoms with Crippen LogP contribution in [0.25, 0.3) is 11.1 Å². The molecule has 1 atom stereocenters. The van der Waals surface area contributed by atoms with E-state index in [1.165, 1.54) is 5.56 Å². The van der Waals surface area contributed by atoms with Crippen molar-refractivity contribution in [2.24, 2.45) is 0 Å². The highest BCUT2D eigenvalue weighted by molar-refractivity contribution is 7.07. The number of fused-ring (bicyclic) bond motifs is 1. The topological polar surface area (TPSA) is 55.9 Å². The lowest BCUT2D eigenvalue weighted by molar-refractivity contribution is 0.532. The van der Waals surface area contributed by atoms with Gasteiger partial charge in [-0.3, -0.25) is 4.68 Å². The molecule has 4 aromatic rings. The molecule has 5 nitrogen and oxygen atoms in total. The van der Waals surface area contributed by atoms with Crippen LogP contribution in [0.1, 0.15) is 11.6 Å². The minimum Gasteiger partial charge on any atom is -0.424 e. The zero-order valence-electron chi connectivity index (χ0n) is 11.7. The second kappa shape index (κ2) is 5.65. The molecule has 0 aliphatic heterocycles. The van der Waals surface area contributed by atoms with Crippen LogP contribution < -0.4 is 5.32 Å². The first kappa shape index (κ1) is 13.1. The number of nitrogens with one attached hydrogen (secondary N) is 1. The summed E-state index contributed by atoms with van der Waals surface area (Å²) in [6.07, 6.45) is 3.76. The number of aromatic nitrogens is 3. The molecule has 0 saturated carbocycles. The number of oxazole rings is 1. The first-order valence-corrected chi connectivity index (χ1v) is 7.95. The van der Waals surface area contributed by atoms with E-state index in [9.17, 15) is 0 Å². The smallest absolute Gasteiger partial charge is 0.295 e. The largest absolute Gasteiger partial charge is 0.424 e. The standard InChI is InChI=1S/C16H14N4OS/c1-2-5-15-13(4-1)19-16(21-15)17-10-14(12-6-9-22-11-12)20-8-3-7-18-20/h1-9,11,14H,10H2,(H,17,19). The van der Waals surface area contributed by atoms with E-state index >= 15 is 0 Å². The molecular weight excluding hydrogens is 296 g/mol. The van der Waals surface area contributed by atoms with E-state index in [0.717, 1.165) is 11.1 Å². The Morgan fingerprint density at radius 2 is 2.18 bits per heavy atom. The second-order valence-corrected chi connectivity index (χ2v) is 5.71. The number of rotatable bonds is 5. The molecule has 1 aromatic carbocycles. The zero-order valence-corrected chi connectivity index (χ0v) is 12.5. The Kier molecular flexibility index (Phi) is 3.36. The Labute approximate surface area is 131 Å². The molecule has 110 valence electrons. The van der Waals surface area contributed by atoms with Crippen LogP contribution in [0.4, 0.5) is 6.01 Å². The maximum absolute atomic E-state index is 5.70. The number of benzene rings is 1. The first-order valence-electron chi connectivity index (χ1n) is 7.01. The van der Waals surface area contributed by atoms with E-state index in [2.05, 4.69) is 32.2 Å². The van der Waals surface area contributed by atoms with Crippen LogP contribution in [-0.2, 0) is 0 Å². The molecule has 22 heavy (non-hydrogen) atoms. The third-order valence-electron chi connectivity index (χ3n) is 3.51. The SMILES string of the molecule is c1ccc2oc(NCC(c3ccsc3)n3cccn3)nc2c1. The summed E-state index contributed by atoms with van der Waals surface area (Å²) in [6.45, 7) is 0.658. The highest BCUT2D eigenvalue weighted by atomic mass is 32.1. The molecule has 0 aliphatic carbocycles. The Morgan fingerprint density at radius 3 is 2.95 bits per heavy atom. The number of thiophene rings is 1. The number of hydrogen-bond donors (Lipinski definition) is 1. The fraction of sp³-hybridized carbons (Fsp3) is 0.125. The summed E-state index contributed by atoms with van der Waals surface area (Å²) in [7, 11) is 0. The highest BCUT2D eigenvalue weighted by Crippen LogP contribution is 2.23.